The zero-order chi connectivity index (χ0) is 16.8. The first-order valence-electron chi connectivity index (χ1n) is 6.92. The molecule has 2 N–H and O–H groups in total. The third-order valence-corrected chi connectivity index (χ3v) is 4.39. The predicted molar refractivity (Wildman–Crippen MR) is 82.4 cm³/mol. The molecule has 1 unspecified atom stereocenters. The Bertz CT molecular complexity index is 662. The van der Waals surface area contributed by atoms with Gasteiger partial charge in [0, 0.05) is 6.54 Å². The Balaban J connectivity index is 2.70. The van der Waals surface area contributed by atoms with E-state index in [4.69, 9.17) is 10.4 Å². The van der Waals surface area contributed by atoms with Crippen LogP contribution in [-0.4, -0.2) is 26.0 Å². The summed E-state index contributed by atoms with van der Waals surface area (Å²) in [5.74, 6) is -1.88. The predicted octanol–water partition coefficient (Wildman–Crippen LogP) is 1.72. The second-order valence-electron chi connectivity index (χ2n) is 5.58. The van der Waals surface area contributed by atoms with Crippen LogP contribution in [0.1, 0.15) is 31.4 Å². The fourth-order valence-corrected chi connectivity index (χ4v) is 3.24. The van der Waals surface area contributed by atoms with Crippen molar-refractivity contribution in [1.29, 1.82) is 5.26 Å². The second-order valence-corrected chi connectivity index (χ2v) is 7.39. The standard InChI is InChI=1S/C15H20N2O4S/c1-11(2)6-14(15(18)19)9-17-22(20,21)10-13-5-3-4-12(7-13)8-16/h3-5,7,11,14,17H,6,9-10H2,1-2H3,(H,18,19). The summed E-state index contributed by atoms with van der Waals surface area (Å²) in [6.45, 7) is 3.64. The molecule has 1 aromatic carbocycles. The SMILES string of the molecule is CC(C)CC(CNS(=O)(=O)Cc1cccc(C#N)c1)C(=O)O. The largest absolute Gasteiger partial charge is 0.481 e. The number of nitrogens with zero attached hydrogens (tertiary/aromatic N) is 1. The van der Waals surface area contributed by atoms with E-state index in [-0.39, 0.29) is 18.2 Å². The van der Waals surface area contributed by atoms with Crippen LogP contribution in [0.3, 0.4) is 0 Å². The van der Waals surface area contributed by atoms with Gasteiger partial charge in [-0.15, -0.1) is 0 Å². The molecule has 0 bridgehead atoms. The van der Waals surface area contributed by atoms with E-state index >= 15 is 0 Å². The first kappa shape index (κ1) is 18.1. The molecule has 0 aliphatic heterocycles. The quantitative estimate of drug-likeness (QED) is 0.757. The molecule has 1 aromatic rings. The molecule has 0 saturated heterocycles. The summed E-state index contributed by atoms with van der Waals surface area (Å²) in [6.07, 6.45) is 0.405. The lowest BCUT2D eigenvalue weighted by Gasteiger charge is -2.15. The minimum Gasteiger partial charge on any atom is -0.481 e. The molecule has 0 radical (unpaired) electrons. The Hall–Kier alpha value is -1.91. The van der Waals surface area contributed by atoms with E-state index < -0.39 is 21.9 Å². The number of benzene rings is 1. The topological polar surface area (TPSA) is 107 Å². The van der Waals surface area contributed by atoms with Gasteiger partial charge in [0.2, 0.25) is 10.0 Å². The normalized spacial score (nSPS) is 12.8. The lowest BCUT2D eigenvalue weighted by atomic mass is 9.98. The van der Waals surface area contributed by atoms with Gasteiger partial charge in [-0.2, -0.15) is 5.26 Å². The van der Waals surface area contributed by atoms with Crippen LogP contribution in [0, 0.1) is 23.2 Å². The van der Waals surface area contributed by atoms with Crippen molar-refractivity contribution >= 4 is 16.0 Å². The lowest BCUT2D eigenvalue weighted by Crippen LogP contribution is -2.34. The van der Waals surface area contributed by atoms with Crippen LogP contribution in [0.4, 0.5) is 0 Å². The maximum atomic E-state index is 12.0. The highest BCUT2D eigenvalue weighted by Crippen LogP contribution is 2.13. The van der Waals surface area contributed by atoms with E-state index in [0.29, 0.717) is 17.5 Å². The van der Waals surface area contributed by atoms with E-state index in [2.05, 4.69) is 4.72 Å². The summed E-state index contributed by atoms with van der Waals surface area (Å²) < 4.78 is 26.4. The van der Waals surface area contributed by atoms with Crippen molar-refractivity contribution in [1.82, 2.24) is 4.72 Å². The van der Waals surface area contributed by atoms with Gasteiger partial charge >= 0.3 is 5.97 Å². The summed E-state index contributed by atoms with van der Waals surface area (Å²) in [4.78, 5) is 11.1. The van der Waals surface area contributed by atoms with E-state index in [0.717, 1.165) is 0 Å². The number of sulfonamides is 1. The Morgan fingerprint density at radius 2 is 2.09 bits per heavy atom. The van der Waals surface area contributed by atoms with Crippen LogP contribution in [0.2, 0.25) is 0 Å². The number of hydrogen-bond donors (Lipinski definition) is 2. The van der Waals surface area contributed by atoms with Gasteiger partial charge in [0.1, 0.15) is 0 Å². The van der Waals surface area contributed by atoms with E-state index in [1.165, 1.54) is 6.07 Å². The van der Waals surface area contributed by atoms with Crippen molar-refractivity contribution in [3.05, 3.63) is 35.4 Å². The minimum absolute atomic E-state index is 0.131. The van der Waals surface area contributed by atoms with Crippen molar-refractivity contribution in [2.45, 2.75) is 26.0 Å². The fourth-order valence-electron chi connectivity index (χ4n) is 2.07. The Kier molecular flexibility index (Phi) is 6.53. The third-order valence-electron chi connectivity index (χ3n) is 3.07. The molecule has 0 heterocycles. The van der Waals surface area contributed by atoms with Gasteiger partial charge in [0.25, 0.3) is 0 Å². The van der Waals surface area contributed by atoms with Gasteiger partial charge in [0.15, 0.2) is 0 Å². The molecular formula is C15H20N2O4S. The van der Waals surface area contributed by atoms with E-state index in [1.54, 1.807) is 18.2 Å². The third kappa shape index (κ3) is 6.24. The molecule has 0 aliphatic carbocycles. The zero-order valence-corrected chi connectivity index (χ0v) is 13.4. The van der Waals surface area contributed by atoms with Crippen molar-refractivity contribution < 1.29 is 18.3 Å². The molecule has 0 aliphatic rings. The number of carbonyl (C=O) groups is 1. The molecule has 1 atom stereocenters. The molecule has 0 spiro atoms. The minimum atomic E-state index is -3.65. The van der Waals surface area contributed by atoms with Gasteiger partial charge in [-0.25, -0.2) is 13.1 Å². The average molecular weight is 324 g/mol. The van der Waals surface area contributed by atoms with Crippen LogP contribution >= 0.6 is 0 Å². The molecule has 0 fully saturated rings. The number of rotatable bonds is 8. The van der Waals surface area contributed by atoms with Crippen molar-refractivity contribution in [3.63, 3.8) is 0 Å². The van der Waals surface area contributed by atoms with E-state index in [1.807, 2.05) is 19.9 Å². The molecule has 22 heavy (non-hydrogen) atoms. The highest BCUT2D eigenvalue weighted by molar-refractivity contribution is 7.88. The van der Waals surface area contributed by atoms with Crippen LogP contribution in [0.25, 0.3) is 0 Å². The van der Waals surface area contributed by atoms with Gasteiger partial charge in [-0.1, -0.05) is 26.0 Å². The van der Waals surface area contributed by atoms with Gasteiger partial charge in [-0.05, 0) is 30.0 Å². The van der Waals surface area contributed by atoms with Crippen LogP contribution < -0.4 is 4.72 Å². The zero-order valence-electron chi connectivity index (χ0n) is 12.6. The molecule has 0 amide bonds. The average Bonchev–Trinajstić information content (AvgIpc) is 2.42. The molecule has 0 saturated carbocycles. The van der Waals surface area contributed by atoms with E-state index in [9.17, 15) is 13.2 Å². The molecule has 1 rings (SSSR count). The molecule has 7 heteroatoms. The molecule has 6 nitrogen and oxygen atoms in total. The lowest BCUT2D eigenvalue weighted by molar-refractivity contribution is -0.142. The summed E-state index contributed by atoms with van der Waals surface area (Å²) in [5, 5.41) is 17.9. The number of aliphatic carboxylic acids is 1. The Labute approximate surface area is 130 Å². The van der Waals surface area contributed by atoms with Crippen LogP contribution in [0.5, 0.6) is 0 Å². The summed E-state index contributed by atoms with van der Waals surface area (Å²) >= 11 is 0. The summed E-state index contributed by atoms with van der Waals surface area (Å²) in [6, 6.07) is 8.27. The Morgan fingerprint density at radius 1 is 1.41 bits per heavy atom. The van der Waals surface area contributed by atoms with Crippen molar-refractivity contribution in [2.24, 2.45) is 11.8 Å². The van der Waals surface area contributed by atoms with Crippen LogP contribution in [-0.2, 0) is 20.6 Å². The fraction of sp³-hybridized carbons (Fsp3) is 0.467. The van der Waals surface area contributed by atoms with Crippen LogP contribution in [0.15, 0.2) is 24.3 Å². The number of hydrogen-bond acceptors (Lipinski definition) is 4. The van der Waals surface area contributed by atoms with Crippen molar-refractivity contribution in [3.8, 4) is 6.07 Å². The number of nitrogens with one attached hydrogen (secondary N) is 1. The molecular weight excluding hydrogens is 304 g/mol. The number of carboxylic acid groups (broad SMARTS) is 1. The smallest absolute Gasteiger partial charge is 0.307 e. The van der Waals surface area contributed by atoms with Crippen molar-refractivity contribution in [2.75, 3.05) is 6.54 Å². The maximum Gasteiger partial charge on any atom is 0.307 e. The first-order valence-corrected chi connectivity index (χ1v) is 8.58. The monoisotopic (exact) mass is 324 g/mol. The summed E-state index contributed by atoms with van der Waals surface area (Å²) in [5.41, 5.74) is 0.873. The molecule has 120 valence electrons. The first-order chi connectivity index (χ1) is 10.2. The highest BCUT2D eigenvalue weighted by atomic mass is 32.2. The summed E-state index contributed by atoms with van der Waals surface area (Å²) in [7, 11) is -3.65. The molecule has 0 aromatic heterocycles. The van der Waals surface area contributed by atoms with Gasteiger partial charge < -0.3 is 5.11 Å². The number of nitriles is 1. The second kappa shape index (κ2) is 7.92. The number of carboxylic acids is 1. The van der Waals surface area contributed by atoms with Gasteiger partial charge in [-0.3, -0.25) is 4.79 Å². The highest BCUT2D eigenvalue weighted by Gasteiger charge is 2.21. The Morgan fingerprint density at radius 3 is 2.64 bits per heavy atom. The maximum absolute atomic E-state index is 12.0. The van der Waals surface area contributed by atoms with Gasteiger partial charge in [0.05, 0.1) is 23.3 Å².